The first-order valence-corrected chi connectivity index (χ1v) is 3.71. The number of methoxy groups -OCH3 is 1. The van der Waals surface area contributed by atoms with E-state index in [0.29, 0.717) is 10.6 Å². The van der Waals surface area contributed by atoms with Crippen LogP contribution in [-0.4, -0.2) is 13.1 Å². The summed E-state index contributed by atoms with van der Waals surface area (Å²) in [5, 5.41) is 2.08. The lowest BCUT2D eigenvalue weighted by Gasteiger charge is -1.93. The van der Waals surface area contributed by atoms with Crippen molar-refractivity contribution in [2.45, 2.75) is 0 Å². The molecule has 0 aliphatic carbocycles. The molecule has 0 fully saturated rings. The standard InChI is InChI=1S/C7H5NO2S/c1-8-6-5(3-4-11-6)7(9)10-2/h3-4H,2H3. The number of ether oxygens (including phenoxy) is 1. The molecular formula is C7H5NO2S. The molecule has 0 spiro atoms. The molecule has 1 aromatic rings. The fourth-order valence-corrected chi connectivity index (χ4v) is 1.32. The molecule has 0 atom stereocenters. The van der Waals surface area contributed by atoms with E-state index in [4.69, 9.17) is 6.57 Å². The van der Waals surface area contributed by atoms with E-state index in [1.165, 1.54) is 18.4 Å². The molecule has 0 amide bonds. The second-order valence-electron chi connectivity index (χ2n) is 1.74. The van der Waals surface area contributed by atoms with Gasteiger partial charge in [-0.05, 0) is 11.4 Å². The van der Waals surface area contributed by atoms with E-state index in [1.807, 2.05) is 0 Å². The lowest BCUT2D eigenvalue weighted by molar-refractivity contribution is 0.0602. The van der Waals surface area contributed by atoms with E-state index in [-0.39, 0.29) is 0 Å². The minimum Gasteiger partial charge on any atom is -0.466 e. The van der Waals surface area contributed by atoms with Crippen LogP contribution in [-0.2, 0) is 4.74 Å². The third-order valence-corrected chi connectivity index (χ3v) is 1.96. The van der Waals surface area contributed by atoms with Gasteiger partial charge in [-0.2, -0.15) is 11.3 Å². The number of hydrogen-bond donors (Lipinski definition) is 0. The maximum atomic E-state index is 10.9. The number of hydrogen-bond acceptors (Lipinski definition) is 3. The highest BCUT2D eigenvalue weighted by atomic mass is 32.1. The second kappa shape index (κ2) is 3.17. The topological polar surface area (TPSA) is 30.7 Å². The molecule has 0 aliphatic rings. The van der Waals surface area contributed by atoms with Crippen molar-refractivity contribution in [3.8, 4) is 0 Å². The number of rotatable bonds is 1. The Morgan fingerprint density at radius 2 is 2.55 bits per heavy atom. The molecule has 3 nitrogen and oxygen atoms in total. The molecule has 0 saturated heterocycles. The predicted octanol–water partition coefficient (Wildman–Crippen LogP) is 2.09. The highest BCUT2D eigenvalue weighted by Gasteiger charge is 2.11. The average molecular weight is 167 g/mol. The maximum Gasteiger partial charge on any atom is 0.328 e. The van der Waals surface area contributed by atoms with Crippen molar-refractivity contribution in [2.24, 2.45) is 0 Å². The number of carbonyl (C=O) groups excluding carboxylic acids is 1. The third kappa shape index (κ3) is 1.38. The van der Waals surface area contributed by atoms with Gasteiger partial charge in [0.2, 0.25) is 0 Å². The summed E-state index contributed by atoms with van der Waals surface area (Å²) in [6, 6.07) is 1.59. The van der Waals surface area contributed by atoms with Crippen LogP contribution < -0.4 is 0 Å². The van der Waals surface area contributed by atoms with Crippen molar-refractivity contribution in [1.82, 2.24) is 0 Å². The Morgan fingerprint density at radius 1 is 1.82 bits per heavy atom. The smallest absolute Gasteiger partial charge is 0.328 e. The average Bonchev–Trinajstić information content (AvgIpc) is 2.50. The molecule has 0 saturated carbocycles. The molecule has 0 radical (unpaired) electrons. The van der Waals surface area contributed by atoms with Gasteiger partial charge in [-0.3, -0.25) is 0 Å². The van der Waals surface area contributed by atoms with Crippen LogP contribution in [0.25, 0.3) is 4.85 Å². The Balaban J connectivity index is 3.05. The summed E-state index contributed by atoms with van der Waals surface area (Å²) in [5.41, 5.74) is 0.354. The van der Waals surface area contributed by atoms with Crippen LogP contribution in [0.5, 0.6) is 0 Å². The van der Waals surface area contributed by atoms with E-state index in [2.05, 4.69) is 9.58 Å². The number of thiophene rings is 1. The molecule has 4 heteroatoms. The highest BCUT2D eigenvalue weighted by molar-refractivity contribution is 7.14. The normalized spacial score (nSPS) is 8.73. The monoisotopic (exact) mass is 167 g/mol. The van der Waals surface area contributed by atoms with Gasteiger partial charge in [0.15, 0.2) is 0 Å². The number of nitrogens with zero attached hydrogens (tertiary/aromatic N) is 1. The van der Waals surface area contributed by atoms with Crippen molar-refractivity contribution in [2.75, 3.05) is 7.11 Å². The van der Waals surface area contributed by atoms with Gasteiger partial charge >= 0.3 is 5.97 Å². The Bertz CT molecular complexity index is 310. The molecule has 0 aliphatic heterocycles. The number of esters is 1. The first kappa shape index (κ1) is 7.76. The van der Waals surface area contributed by atoms with Crippen LogP contribution in [0, 0.1) is 6.57 Å². The molecule has 0 aromatic carbocycles. The molecule has 11 heavy (non-hydrogen) atoms. The van der Waals surface area contributed by atoms with Crippen molar-refractivity contribution in [3.63, 3.8) is 0 Å². The van der Waals surface area contributed by atoms with Crippen LogP contribution in [0.3, 0.4) is 0 Å². The van der Waals surface area contributed by atoms with Crippen LogP contribution in [0.15, 0.2) is 11.4 Å². The Labute approximate surface area is 68.0 Å². The summed E-state index contributed by atoms with van der Waals surface area (Å²) >= 11 is 1.24. The van der Waals surface area contributed by atoms with Crippen molar-refractivity contribution in [3.05, 3.63) is 28.4 Å². The Kier molecular flexibility index (Phi) is 2.24. The van der Waals surface area contributed by atoms with Gasteiger partial charge in [-0.15, -0.1) is 0 Å². The van der Waals surface area contributed by atoms with Gasteiger partial charge in [-0.25, -0.2) is 9.64 Å². The lowest BCUT2D eigenvalue weighted by atomic mass is 10.3. The first-order valence-electron chi connectivity index (χ1n) is 2.83. The molecule has 0 N–H and O–H groups in total. The summed E-state index contributed by atoms with van der Waals surface area (Å²) in [4.78, 5) is 14.1. The van der Waals surface area contributed by atoms with E-state index in [1.54, 1.807) is 11.4 Å². The van der Waals surface area contributed by atoms with Gasteiger partial charge < -0.3 is 4.74 Å². The zero-order valence-electron chi connectivity index (χ0n) is 5.83. The van der Waals surface area contributed by atoms with Crippen LogP contribution in [0.1, 0.15) is 10.4 Å². The fourth-order valence-electron chi connectivity index (χ4n) is 0.653. The molecule has 0 bridgehead atoms. The minimum absolute atomic E-state index is 0.354. The van der Waals surface area contributed by atoms with Crippen LogP contribution in [0.2, 0.25) is 0 Å². The lowest BCUT2D eigenvalue weighted by Crippen LogP contribution is -1.98. The largest absolute Gasteiger partial charge is 0.466 e. The van der Waals surface area contributed by atoms with Crippen LogP contribution in [0.4, 0.5) is 5.00 Å². The summed E-state index contributed by atoms with van der Waals surface area (Å²) < 4.78 is 4.46. The van der Waals surface area contributed by atoms with Gasteiger partial charge in [0.05, 0.1) is 19.2 Å². The zero-order chi connectivity index (χ0) is 8.27. The summed E-state index contributed by atoms with van der Waals surface area (Å²) in [5.74, 6) is -0.447. The van der Waals surface area contributed by atoms with E-state index >= 15 is 0 Å². The van der Waals surface area contributed by atoms with Gasteiger partial charge in [-0.1, -0.05) is 0 Å². The second-order valence-corrected chi connectivity index (χ2v) is 2.64. The van der Waals surface area contributed by atoms with Crippen LogP contribution >= 0.6 is 11.3 Å². The molecule has 56 valence electrons. The molecule has 1 heterocycles. The van der Waals surface area contributed by atoms with Gasteiger partial charge in [0, 0.05) is 0 Å². The van der Waals surface area contributed by atoms with Crippen molar-refractivity contribution >= 4 is 22.3 Å². The number of carbonyl (C=O) groups is 1. The van der Waals surface area contributed by atoms with E-state index in [0.717, 1.165) is 0 Å². The maximum absolute atomic E-state index is 10.9. The van der Waals surface area contributed by atoms with E-state index < -0.39 is 5.97 Å². The Hall–Kier alpha value is -1.34. The minimum atomic E-state index is -0.447. The highest BCUT2D eigenvalue weighted by Crippen LogP contribution is 2.26. The van der Waals surface area contributed by atoms with Gasteiger partial charge in [0.1, 0.15) is 0 Å². The quantitative estimate of drug-likeness (QED) is 0.473. The van der Waals surface area contributed by atoms with Crippen molar-refractivity contribution < 1.29 is 9.53 Å². The molecule has 0 unspecified atom stereocenters. The summed E-state index contributed by atoms with van der Waals surface area (Å²) in [7, 11) is 1.30. The first-order chi connectivity index (χ1) is 5.29. The van der Waals surface area contributed by atoms with E-state index in [9.17, 15) is 4.79 Å². The SMILES string of the molecule is [C-]#[N+]c1sccc1C(=O)OC. The molecular weight excluding hydrogens is 162 g/mol. The zero-order valence-corrected chi connectivity index (χ0v) is 6.64. The molecule has 1 aromatic heterocycles. The predicted molar refractivity (Wildman–Crippen MR) is 41.9 cm³/mol. The fraction of sp³-hybridized carbons (Fsp3) is 0.143. The summed E-state index contributed by atoms with van der Waals surface area (Å²) in [6.45, 7) is 6.70. The van der Waals surface area contributed by atoms with Crippen molar-refractivity contribution in [1.29, 1.82) is 0 Å². The Morgan fingerprint density at radius 3 is 3.09 bits per heavy atom. The molecule has 1 rings (SSSR count). The van der Waals surface area contributed by atoms with Gasteiger partial charge in [0.25, 0.3) is 5.00 Å². The summed E-state index contributed by atoms with van der Waals surface area (Å²) in [6.07, 6.45) is 0. The third-order valence-electron chi connectivity index (χ3n) is 1.15.